The number of benzene rings is 1. The zero-order chi connectivity index (χ0) is 13.0. The Hall–Kier alpha value is -1.37. The van der Waals surface area contributed by atoms with E-state index in [0.29, 0.717) is 11.5 Å². The first-order chi connectivity index (χ1) is 8.70. The van der Waals surface area contributed by atoms with Gasteiger partial charge in [-0.25, -0.2) is 0 Å². The zero-order valence-electron chi connectivity index (χ0n) is 10.8. The van der Waals surface area contributed by atoms with Crippen LogP contribution in [-0.2, 0) is 6.54 Å². The average molecular weight is 244 g/mol. The smallest absolute Gasteiger partial charge is 0.0991 e. The van der Waals surface area contributed by atoms with Crippen molar-refractivity contribution in [2.75, 3.05) is 6.54 Å². The van der Waals surface area contributed by atoms with E-state index in [0.717, 1.165) is 37.9 Å². The SMILES string of the molecule is Cc1cc(C#N)ccc1CNCC1CCCC1O. The van der Waals surface area contributed by atoms with Crippen LogP contribution in [0.4, 0.5) is 0 Å². The molecule has 2 rings (SSSR count). The van der Waals surface area contributed by atoms with Crippen LogP contribution in [0.1, 0.15) is 36.0 Å². The van der Waals surface area contributed by atoms with Crippen LogP contribution in [0, 0.1) is 24.2 Å². The molecular formula is C15H20N2O. The van der Waals surface area contributed by atoms with Crippen LogP contribution < -0.4 is 5.32 Å². The number of nitrogens with zero attached hydrogens (tertiary/aromatic N) is 1. The minimum absolute atomic E-state index is 0.125. The van der Waals surface area contributed by atoms with E-state index in [1.54, 1.807) is 0 Å². The van der Waals surface area contributed by atoms with Gasteiger partial charge in [0.05, 0.1) is 17.7 Å². The van der Waals surface area contributed by atoms with Crippen molar-refractivity contribution in [3.63, 3.8) is 0 Å². The molecule has 0 spiro atoms. The van der Waals surface area contributed by atoms with Crippen LogP contribution in [-0.4, -0.2) is 17.8 Å². The van der Waals surface area contributed by atoms with Crippen molar-refractivity contribution in [1.29, 1.82) is 5.26 Å². The van der Waals surface area contributed by atoms with Crippen molar-refractivity contribution in [3.8, 4) is 6.07 Å². The van der Waals surface area contributed by atoms with Crippen LogP contribution >= 0.6 is 0 Å². The van der Waals surface area contributed by atoms with Gasteiger partial charge in [-0.15, -0.1) is 0 Å². The number of nitrogens with one attached hydrogen (secondary N) is 1. The van der Waals surface area contributed by atoms with E-state index < -0.39 is 0 Å². The summed E-state index contributed by atoms with van der Waals surface area (Å²) in [5, 5.41) is 22.0. The van der Waals surface area contributed by atoms with Gasteiger partial charge in [0.1, 0.15) is 0 Å². The molecule has 1 fully saturated rings. The van der Waals surface area contributed by atoms with E-state index in [4.69, 9.17) is 5.26 Å². The third-order valence-corrected chi connectivity index (χ3v) is 3.81. The largest absolute Gasteiger partial charge is 0.393 e. The zero-order valence-corrected chi connectivity index (χ0v) is 10.8. The number of nitriles is 1. The monoisotopic (exact) mass is 244 g/mol. The van der Waals surface area contributed by atoms with E-state index in [1.165, 1.54) is 5.56 Å². The van der Waals surface area contributed by atoms with Gasteiger partial charge >= 0.3 is 0 Å². The summed E-state index contributed by atoms with van der Waals surface area (Å²) in [7, 11) is 0. The molecule has 0 aliphatic heterocycles. The Kier molecular flexibility index (Phi) is 4.35. The van der Waals surface area contributed by atoms with Crippen LogP contribution in [0.2, 0.25) is 0 Å². The summed E-state index contributed by atoms with van der Waals surface area (Å²) >= 11 is 0. The average Bonchev–Trinajstić information content (AvgIpc) is 2.77. The molecule has 1 aliphatic rings. The Balaban J connectivity index is 1.85. The van der Waals surface area contributed by atoms with Gasteiger partial charge in [0, 0.05) is 13.1 Å². The lowest BCUT2D eigenvalue weighted by Gasteiger charge is -2.15. The lowest BCUT2D eigenvalue weighted by molar-refractivity contribution is 0.131. The van der Waals surface area contributed by atoms with Crippen molar-refractivity contribution in [3.05, 3.63) is 34.9 Å². The highest BCUT2D eigenvalue weighted by atomic mass is 16.3. The topological polar surface area (TPSA) is 56.0 Å². The highest BCUT2D eigenvalue weighted by Gasteiger charge is 2.24. The molecule has 0 amide bonds. The molecule has 2 N–H and O–H groups in total. The standard InChI is InChI=1S/C15H20N2O/c1-11-7-12(8-16)5-6-13(11)9-17-10-14-3-2-4-15(14)18/h5-7,14-15,17-18H,2-4,9-10H2,1H3. The normalized spacial score (nSPS) is 22.9. The summed E-state index contributed by atoms with van der Waals surface area (Å²) in [5.41, 5.74) is 3.08. The maximum atomic E-state index is 9.73. The minimum atomic E-state index is -0.125. The molecule has 2 atom stereocenters. The van der Waals surface area contributed by atoms with E-state index in [9.17, 15) is 5.11 Å². The van der Waals surface area contributed by atoms with Gasteiger partial charge in [0.25, 0.3) is 0 Å². The molecule has 1 aliphatic carbocycles. The number of aliphatic hydroxyl groups excluding tert-OH is 1. The molecule has 0 heterocycles. The molecule has 3 nitrogen and oxygen atoms in total. The lowest BCUT2D eigenvalue weighted by atomic mass is 10.0. The van der Waals surface area contributed by atoms with Crippen LogP contribution in [0.15, 0.2) is 18.2 Å². The van der Waals surface area contributed by atoms with Crippen molar-refractivity contribution in [1.82, 2.24) is 5.32 Å². The molecule has 0 saturated heterocycles. The second-order valence-electron chi connectivity index (χ2n) is 5.14. The first-order valence-electron chi connectivity index (χ1n) is 6.59. The predicted molar refractivity (Wildman–Crippen MR) is 70.9 cm³/mol. The fourth-order valence-electron chi connectivity index (χ4n) is 2.61. The van der Waals surface area contributed by atoms with Gasteiger partial charge in [0.2, 0.25) is 0 Å². The maximum absolute atomic E-state index is 9.73. The molecule has 3 heteroatoms. The molecule has 2 unspecified atom stereocenters. The molecule has 0 bridgehead atoms. The summed E-state index contributed by atoms with van der Waals surface area (Å²) in [6.07, 6.45) is 3.09. The Labute approximate surface area is 108 Å². The van der Waals surface area contributed by atoms with Gasteiger partial charge in [0.15, 0.2) is 0 Å². The van der Waals surface area contributed by atoms with Crippen molar-refractivity contribution in [2.45, 2.75) is 38.8 Å². The summed E-state index contributed by atoms with van der Waals surface area (Å²) in [5.74, 6) is 0.406. The van der Waals surface area contributed by atoms with Gasteiger partial charge in [-0.3, -0.25) is 0 Å². The summed E-state index contributed by atoms with van der Waals surface area (Å²) in [4.78, 5) is 0. The maximum Gasteiger partial charge on any atom is 0.0991 e. The molecule has 1 aromatic carbocycles. The van der Waals surface area contributed by atoms with Gasteiger partial charge in [-0.05, 0) is 48.9 Å². The van der Waals surface area contributed by atoms with Gasteiger partial charge in [-0.2, -0.15) is 5.26 Å². The number of hydrogen-bond acceptors (Lipinski definition) is 3. The minimum Gasteiger partial charge on any atom is -0.393 e. The lowest BCUT2D eigenvalue weighted by Crippen LogP contribution is -2.27. The van der Waals surface area contributed by atoms with Crippen molar-refractivity contribution in [2.24, 2.45) is 5.92 Å². The number of rotatable bonds is 4. The fourth-order valence-corrected chi connectivity index (χ4v) is 2.61. The molecule has 18 heavy (non-hydrogen) atoms. The molecule has 0 aromatic heterocycles. The predicted octanol–water partition coefficient (Wildman–Crippen LogP) is 2.12. The first-order valence-corrected chi connectivity index (χ1v) is 6.59. The van der Waals surface area contributed by atoms with Crippen molar-refractivity contribution < 1.29 is 5.11 Å². The number of aryl methyl sites for hydroxylation is 1. The Morgan fingerprint density at radius 3 is 2.89 bits per heavy atom. The molecule has 1 aromatic rings. The Bertz CT molecular complexity index is 450. The van der Waals surface area contributed by atoms with E-state index >= 15 is 0 Å². The van der Waals surface area contributed by atoms with Crippen LogP contribution in [0.5, 0.6) is 0 Å². The molecule has 0 radical (unpaired) electrons. The number of aliphatic hydroxyl groups is 1. The second kappa shape index (κ2) is 5.99. The molecule has 1 saturated carbocycles. The van der Waals surface area contributed by atoms with Crippen LogP contribution in [0.25, 0.3) is 0 Å². The van der Waals surface area contributed by atoms with Crippen molar-refractivity contribution >= 4 is 0 Å². The third-order valence-electron chi connectivity index (χ3n) is 3.81. The Morgan fingerprint density at radius 2 is 2.28 bits per heavy atom. The summed E-state index contributed by atoms with van der Waals surface area (Å²) in [6, 6.07) is 7.93. The first kappa shape index (κ1) is 13.1. The quantitative estimate of drug-likeness (QED) is 0.853. The third kappa shape index (κ3) is 3.10. The summed E-state index contributed by atoms with van der Waals surface area (Å²) in [6.45, 7) is 3.71. The van der Waals surface area contributed by atoms with Crippen LogP contribution in [0.3, 0.4) is 0 Å². The highest BCUT2D eigenvalue weighted by Crippen LogP contribution is 2.24. The second-order valence-corrected chi connectivity index (χ2v) is 5.14. The van der Waals surface area contributed by atoms with E-state index in [2.05, 4.69) is 11.4 Å². The van der Waals surface area contributed by atoms with Gasteiger partial charge in [-0.1, -0.05) is 12.5 Å². The highest BCUT2D eigenvalue weighted by molar-refractivity contribution is 5.37. The molecular weight excluding hydrogens is 224 g/mol. The number of hydrogen-bond donors (Lipinski definition) is 2. The summed E-state index contributed by atoms with van der Waals surface area (Å²) < 4.78 is 0. The fraction of sp³-hybridized carbons (Fsp3) is 0.533. The molecule has 96 valence electrons. The Morgan fingerprint density at radius 1 is 1.44 bits per heavy atom. The van der Waals surface area contributed by atoms with Gasteiger partial charge < -0.3 is 10.4 Å². The van der Waals surface area contributed by atoms with E-state index in [-0.39, 0.29) is 6.10 Å². The van der Waals surface area contributed by atoms with E-state index in [1.807, 2.05) is 25.1 Å².